The van der Waals surface area contributed by atoms with Crippen LogP contribution in [0.3, 0.4) is 0 Å². The van der Waals surface area contributed by atoms with Crippen molar-refractivity contribution in [3.8, 4) is 11.4 Å². The van der Waals surface area contributed by atoms with Crippen molar-refractivity contribution in [2.24, 2.45) is 17.8 Å². The third kappa shape index (κ3) is 5.03. The van der Waals surface area contributed by atoms with Crippen molar-refractivity contribution in [3.05, 3.63) is 47.3 Å². The summed E-state index contributed by atoms with van der Waals surface area (Å²) in [5, 5.41) is 0. The van der Waals surface area contributed by atoms with Gasteiger partial charge in [0.15, 0.2) is 6.61 Å². The highest BCUT2D eigenvalue weighted by molar-refractivity contribution is 5.99. The number of benzene rings is 1. The fourth-order valence-corrected chi connectivity index (χ4v) is 5.24. The van der Waals surface area contributed by atoms with Gasteiger partial charge in [0.1, 0.15) is 11.5 Å². The van der Waals surface area contributed by atoms with Gasteiger partial charge < -0.3 is 14.0 Å². The van der Waals surface area contributed by atoms with Crippen LogP contribution in [0.5, 0.6) is 5.75 Å². The highest BCUT2D eigenvalue weighted by atomic mass is 19.4. The SMILES string of the molecule is Cc1cc(C(=O)COC(=O)C2CC3CCCC(C2)C3=O)c(C)n1-c1ccc(OC(F)(F)F)cc1. The summed E-state index contributed by atoms with van der Waals surface area (Å²) in [5.74, 6) is -1.39. The average Bonchev–Trinajstić information content (AvgIpc) is 3.05. The molecule has 0 radical (unpaired) electrons. The molecule has 2 fully saturated rings. The Kier molecular flexibility index (Phi) is 6.55. The first kappa shape index (κ1) is 24.0. The molecule has 2 saturated carbocycles. The molecule has 1 aromatic carbocycles. The number of nitrogens with zero attached hydrogens (tertiary/aromatic N) is 1. The smallest absolute Gasteiger partial charge is 0.457 e. The quantitative estimate of drug-likeness (QED) is 0.427. The molecule has 0 saturated heterocycles. The Bertz CT molecular complexity index is 1090. The number of hydrogen-bond donors (Lipinski definition) is 0. The lowest BCUT2D eigenvalue weighted by molar-refractivity contribution is -0.274. The number of ether oxygens (including phenoxy) is 2. The summed E-state index contributed by atoms with van der Waals surface area (Å²) < 4.78 is 48.2. The topological polar surface area (TPSA) is 74.6 Å². The van der Waals surface area contributed by atoms with Crippen LogP contribution < -0.4 is 4.74 Å². The second kappa shape index (κ2) is 9.27. The average molecular weight is 477 g/mol. The molecule has 4 rings (SSSR count). The number of halogens is 3. The van der Waals surface area contributed by atoms with E-state index in [1.165, 1.54) is 24.3 Å². The number of alkyl halides is 3. The molecule has 2 bridgehead atoms. The zero-order valence-corrected chi connectivity index (χ0v) is 19.0. The third-order valence-corrected chi connectivity index (χ3v) is 6.79. The fourth-order valence-electron chi connectivity index (χ4n) is 5.24. The molecule has 2 aliphatic carbocycles. The van der Waals surface area contributed by atoms with Crippen molar-refractivity contribution in [2.75, 3.05) is 6.61 Å². The predicted molar refractivity (Wildman–Crippen MR) is 116 cm³/mol. The summed E-state index contributed by atoms with van der Waals surface area (Å²) in [6, 6.07) is 7.01. The molecule has 6 nitrogen and oxygen atoms in total. The van der Waals surface area contributed by atoms with Gasteiger partial charge in [-0.2, -0.15) is 0 Å². The maximum Gasteiger partial charge on any atom is 0.573 e. The molecule has 2 atom stereocenters. The normalized spacial score (nSPS) is 22.4. The Morgan fingerprint density at radius 3 is 2.26 bits per heavy atom. The molecule has 2 unspecified atom stereocenters. The summed E-state index contributed by atoms with van der Waals surface area (Å²) in [5.41, 5.74) is 2.23. The van der Waals surface area contributed by atoms with E-state index in [1.54, 1.807) is 24.5 Å². The third-order valence-electron chi connectivity index (χ3n) is 6.79. The van der Waals surface area contributed by atoms with E-state index in [9.17, 15) is 27.6 Å². The molecular formula is C25H26F3NO5. The Hall–Kier alpha value is -3.10. The van der Waals surface area contributed by atoms with E-state index in [0.29, 0.717) is 35.5 Å². The van der Waals surface area contributed by atoms with Crippen LogP contribution in [0.4, 0.5) is 13.2 Å². The number of aromatic nitrogens is 1. The molecule has 2 aromatic rings. The second-order valence-electron chi connectivity index (χ2n) is 9.09. The van der Waals surface area contributed by atoms with Crippen LogP contribution in [0.15, 0.2) is 30.3 Å². The Labute approximate surface area is 195 Å². The van der Waals surface area contributed by atoms with Crippen molar-refractivity contribution >= 4 is 17.5 Å². The van der Waals surface area contributed by atoms with Crippen LogP contribution >= 0.6 is 0 Å². The number of fused-ring (bicyclic) bond motifs is 2. The first-order valence-electron chi connectivity index (χ1n) is 11.3. The van der Waals surface area contributed by atoms with E-state index < -0.39 is 18.9 Å². The number of rotatable bonds is 6. The minimum Gasteiger partial charge on any atom is -0.457 e. The monoisotopic (exact) mass is 477 g/mol. The molecule has 34 heavy (non-hydrogen) atoms. The molecule has 2 aliphatic rings. The molecule has 1 heterocycles. The lowest BCUT2D eigenvalue weighted by atomic mass is 9.67. The molecule has 0 spiro atoms. The minimum absolute atomic E-state index is 0.0763. The fraction of sp³-hybridized carbons (Fsp3) is 0.480. The zero-order chi connectivity index (χ0) is 24.6. The molecule has 9 heteroatoms. The highest BCUT2D eigenvalue weighted by Gasteiger charge is 2.42. The maximum absolute atomic E-state index is 12.8. The van der Waals surface area contributed by atoms with E-state index in [-0.39, 0.29) is 35.1 Å². The van der Waals surface area contributed by atoms with Gasteiger partial charge in [0, 0.05) is 34.5 Å². The number of Topliss-reactive ketones (excluding diaryl/α,β-unsaturated/α-hetero) is 2. The summed E-state index contributed by atoms with van der Waals surface area (Å²) >= 11 is 0. The Morgan fingerprint density at radius 2 is 1.68 bits per heavy atom. The van der Waals surface area contributed by atoms with Gasteiger partial charge in [-0.1, -0.05) is 6.42 Å². The van der Waals surface area contributed by atoms with Crippen molar-refractivity contribution < 1.29 is 37.0 Å². The van der Waals surface area contributed by atoms with Crippen LogP contribution in [0.1, 0.15) is 53.8 Å². The Balaban J connectivity index is 1.41. The van der Waals surface area contributed by atoms with Crippen LogP contribution in [0.2, 0.25) is 0 Å². The summed E-state index contributed by atoms with van der Waals surface area (Å²) in [4.78, 5) is 37.6. The first-order chi connectivity index (χ1) is 16.0. The molecular weight excluding hydrogens is 451 g/mol. The summed E-state index contributed by atoms with van der Waals surface area (Å²) in [6.45, 7) is 3.09. The number of hydrogen-bond acceptors (Lipinski definition) is 5. The number of aryl methyl sites for hydroxylation is 1. The van der Waals surface area contributed by atoms with Gasteiger partial charge in [0.05, 0.1) is 5.92 Å². The van der Waals surface area contributed by atoms with Gasteiger partial charge in [0.2, 0.25) is 5.78 Å². The van der Waals surface area contributed by atoms with E-state index >= 15 is 0 Å². The van der Waals surface area contributed by atoms with Gasteiger partial charge in [-0.15, -0.1) is 13.2 Å². The van der Waals surface area contributed by atoms with Crippen molar-refractivity contribution in [3.63, 3.8) is 0 Å². The van der Waals surface area contributed by atoms with Gasteiger partial charge in [-0.3, -0.25) is 14.4 Å². The van der Waals surface area contributed by atoms with Gasteiger partial charge >= 0.3 is 12.3 Å². The van der Waals surface area contributed by atoms with Crippen molar-refractivity contribution in [1.82, 2.24) is 4.57 Å². The molecule has 0 N–H and O–H groups in total. The summed E-state index contributed by atoms with van der Waals surface area (Å²) in [7, 11) is 0. The van der Waals surface area contributed by atoms with Crippen molar-refractivity contribution in [2.45, 2.75) is 52.3 Å². The number of carbonyl (C=O) groups excluding carboxylic acids is 3. The lowest BCUT2D eigenvalue weighted by Gasteiger charge is -2.36. The summed E-state index contributed by atoms with van der Waals surface area (Å²) in [6.07, 6.45) is -1.16. The number of esters is 1. The van der Waals surface area contributed by atoms with E-state index in [4.69, 9.17) is 4.74 Å². The predicted octanol–water partition coefficient (Wildman–Crippen LogP) is 5.11. The molecule has 0 aliphatic heterocycles. The standard InChI is InChI=1S/C25H26F3NO5/c1-14-10-21(15(2)29(14)19-6-8-20(9-7-19)34-25(26,27)28)22(30)13-33-24(32)18-11-16-4-3-5-17(12-18)23(16)31/h6-10,16-18H,3-5,11-13H2,1-2H3. The van der Waals surface area contributed by atoms with E-state index in [1.807, 2.05) is 0 Å². The number of carbonyl (C=O) groups is 3. The second-order valence-corrected chi connectivity index (χ2v) is 9.09. The van der Waals surface area contributed by atoms with Crippen molar-refractivity contribution in [1.29, 1.82) is 0 Å². The van der Waals surface area contributed by atoms with E-state index in [0.717, 1.165) is 19.3 Å². The Morgan fingerprint density at radius 1 is 1.06 bits per heavy atom. The van der Waals surface area contributed by atoms with Crippen LogP contribution in [0, 0.1) is 31.6 Å². The van der Waals surface area contributed by atoms with Gasteiger partial charge in [0.25, 0.3) is 0 Å². The largest absolute Gasteiger partial charge is 0.573 e. The molecule has 1 aromatic heterocycles. The van der Waals surface area contributed by atoms with Crippen LogP contribution in [-0.2, 0) is 14.3 Å². The van der Waals surface area contributed by atoms with Gasteiger partial charge in [-0.25, -0.2) is 0 Å². The van der Waals surface area contributed by atoms with Gasteiger partial charge in [-0.05, 0) is 69.9 Å². The lowest BCUT2D eigenvalue weighted by Crippen LogP contribution is -2.39. The zero-order valence-electron chi connectivity index (χ0n) is 19.0. The van der Waals surface area contributed by atoms with Crippen LogP contribution in [-0.4, -0.2) is 35.1 Å². The van der Waals surface area contributed by atoms with Crippen LogP contribution in [0.25, 0.3) is 5.69 Å². The minimum atomic E-state index is -4.77. The first-order valence-corrected chi connectivity index (χ1v) is 11.3. The highest BCUT2D eigenvalue weighted by Crippen LogP contribution is 2.40. The number of ketones is 2. The van der Waals surface area contributed by atoms with E-state index in [2.05, 4.69) is 4.74 Å². The maximum atomic E-state index is 12.8. The molecule has 182 valence electrons. The molecule has 0 amide bonds.